The van der Waals surface area contributed by atoms with E-state index >= 15 is 0 Å². The predicted octanol–water partition coefficient (Wildman–Crippen LogP) is 1.58. The second kappa shape index (κ2) is 6.79. The summed E-state index contributed by atoms with van der Waals surface area (Å²) in [6.45, 7) is 0.784. The number of hydrogen-bond donors (Lipinski definition) is 2. The van der Waals surface area contributed by atoms with Crippen LogP contribution in [0.15, 0.2) is 30.3 Å². The fourth-order valence-corrected chi connectivity index (χ4v) is 2.92. The molecule has 0 aliphatic carbocycles. The zero-order valence-electron chi connectivity index (χ0n) is 13.1. The summed E-state index contributed by atoms with van der Waals surface area (Å²) in [5.74, 6) is -0.0357. The summed E-state index contributed by atoms with van der Waals surface area (Å²) in [5.41, 5.74) is 3.39. The molecule has 120 valence electrons. The summed E-state index contributed by atoms with van der Waals surface area (Å²) < 4.78 is 0. The van der Waals surface area contributed by atoms with Gasteiger partial charge >= 0.3 is 6.09 Å². The van der Waals surface area contributed by atoms with Crippen molar-refractivity contribution in [3.63, 3.8) is 0 Å². The molecule has 1 aromatic rings. The first-order chi connectivity index (χ1) is 10.4. The molecule has 1 aliphatic rings. The highest BCUT2D eigenvalue weighted by Crippen LogP contribution is 2.35. The number of nitrogens with zero attached hydrogens (tertiary/aromatic N) is 2. The Kier molecular flexibility index (Phi) is 5.03. The van der Waals surface area contributed by atoms with Gasteiger partial charge in [-0.05, 0) is 24.8 Å². The quantitative estimate of drug-likeness (QED) is 0.829. The van der Waals surface area contributed by atoms with Gasteiger partial charge in [-0.1, -0.05) is 30.3 Å². The first kappa shape index (κ1) is 16.3. The van der Waals surface area contributed by atoms with Crippen LogP contribution < -0.4 is 5.43 Å². The molecule has 2 amide bonds. The van der Waals surface area contributed by atoms with E-state index < -0.39 is 11.5 Å². The van der Waals surface area contributed by atoms with Crippen LogP contribution in [-0.4, -0.2) is 54.2 Å². The summed E-state index contributed by atoms with van der Waals surface area (Å²) in [5, 5.41) is 10.7. The van der Waals surface area contributed by atoms with E-state index in [1.54, 1.807) is 19.1 Å². The highest BCUT2D eigenvalue weighted by Gasteiger charge is 2.42. The van der Waals surface area contributed by atoms with Gasteiger partial charge in [-0.3, -0.25) is 10.2 Å². The first-order valence-corrected chi connectivity index (χ1v) is 7.43. The molecule has 0 unspecified atom stereocenters. The van der Waals surface area contributed by atoms with Crippen molar-refractivity contribution < 1.29 is 14.7 Å². The Labute approximate surface area is 130 Å². The standard InChI is InChI=1S/C16H23N3O3/c1-18(2)17-14(20)16(12-13-6-4-3-5-7-13)8-10-19(11-9-16)15(21)22/h3-7H,8-12H2,1-2H3,(H,17,20)(H,21,22). The molecule has 0 bridgehead atoms. The normalized spacial score (nSPS) is 17.3. The number of hydrazine groups is 1. The summed E-state index contributed by atoms with van der Waals surface area (Å²) in [7, 11) is 3.56. The molecule has 1 aromatic carbocycles. The Hall–Kier alpha value is -2.08. The maximum Gasteiger partial charge on any atom is 0.407 e. The molecule has 0 aromatic heterocycles. The smallest absolute Gasteiger partial charge is 0.407 e. The fourth-order valence-electron chi connectivity index (χ4n) is 2.92. The minimum Gasteiger partial charge on any atom is -0.465 e. The van der Waals surface area contributed by atoms with Crippen LogP contribution in [0.5, 0.6) is 0 Å². The van der Waals surface area contributed by atoms with Crippen molar-refractivity contribution in [2.45, 2.75) is 19.3 Å². The van der Waals surface area contributed by atoms with Gasteiger partial charge in [0, 0.05) is 27.2 Å². The average Bonchev–Trinajstić information content (AvgIpc) is 2.48. The van der Waals surface area contributed by atoms with E-state index in [-0.39, 0.29) is 5.91 Å². The van der Waals surface area contributed by atoms with Crippen LogP contribution in [0.2, 0.25) is 0 Å². The number of benzene rings is 1. The monoisotopic (exact) mass is 305 g/mol. The van der Waals surface area contributed by atoms with E-state index in [4.69, 9.17) is 5.11 Å². The average molecular weight is 305 g/mol. The molecule has 1 fully saturated rings. The van der Waals surface area contributed by atoms with Gasteiger partial charge < -0.3 is 10.0 Å². The number of rotatable bonds is 4. The Morgan fingerprint density at radius 3 is 2.32 bits per heavy atom. The van der Waals surface area contributed by atoms with Crippen LogP contribution in [0.25, 0.3) is 0 Å². The van der Waals surface area contributed by atoms with Crippen molar-refractivity contribution in [2.75, 3.05) is 27.2 Å². The Bertz CT molecular complexity index is 523. The largest absolute Gasteiger partial charge is 0.465 e. The van der Waals surface area contributed by atoms with Gasteiger partial charge in [-0.2, -0.15) is 0 Å². The van der Waals surface area contributed by atoms with Gasteiger partial charge in [0.05, 0.1) is 5.41 Å². The fraction of sp³-hybridized carbons (Fsp3) is 0.500. The highest BCUT2D eigenvalue weighted by atomic mass is 16.4. The van der Waals surface area contributed by atoms with Crippen LogP contribution in [-0.2, 0) is 11.2 Å². The molecule has 6 heteroatoms. The van der Waals surface area contributed by atoms with Crippen LogP contribution in [0.3, 0.4) is 0 Å². The number of carbonyl (C=O) groups excluding carboxylic acids is 1. The lowest BCUT2D eigenvalue weighted by molar-refractivity contribution is -0.137. The number of hydrogen-bond acceptors (Lipinski definition) is 3. The molecule has 22 heavy (non-hydrogen) atoms. The van der Waals surface area contributed by atoms with Crippen molar-refractivity contribution in [2.24, 2.45) is 5.41 Å². The lowest BCUT2D eigenvalue weighted by Crippen LogP contribution is -2.53. The number of nitrogens with one attached hydrogen (secondary N) is 1. The molecule has 0 radical (unpaired) electrons. The molecule has 1 aliphatic heterocycles. The summed E-state index contributed by atoms with van der Waals surface area (Å²) in [6, 6.07) is 9.88. The van der Waals surface area contributed by atoms with E-state index in [9.17, 15) is 9.59 Å². The number of amides is 2. The van der Waals surface area contributed by atoms with E-state index in [1.165, 1.54) is 4.90 Å². The van der Waals surface area contributed by atoms with Gasteiger partial charge in [-0.15, -0.1) is 0 Å². The summed E-state index contributed by atoms with van der Waals surface area (Å²) >= 11 is 0. The second-order valence-electron chi connectivity index (χ2n) is 6.05. The summed E-state index contributed by atoms with van der Waals surface area (Å²) in [6.07, 6.45) is 0.782. The van der Waals surface area contributed by atoms with Crippen molar-refractivity contribution >= 4 is 12.0 Å². The van der Waals surface area contributed by atoms with E-state index in [0.717, 1.165) is 5.56 Å². The zero-order chi connectivity index (χ0) is 16.2. The summed E-state index contributed by atoms with van der Waals surface area (Å²) in [4.78, 5) is 25.2. The highest BCUT2D eigenvalue weighted by molar-refractivity contribution is 5.83. The van der Waals surface area contributed by atoms with Crippen molar-refractivity contribution in [3.05, 3.63) is 35.9 Å². The molecule has 0 spiro atoms. The molecule has 2 rings (SSSR count). The molecule has 0 atom stereocenters. The molecular weight excluding hydrogens is 282 g/mol. The van der Waals surface area contributed by atoms with E-state index in [0.29, 0.717) is 32.4 Å². The Morgan fingerprint density at radius 2 is 1.82 bits per heavy atom. The third-order valence-electron chi connectivity index (χ3n) is 4.18. The minimum absolute atomic E-state index is 0.0357. The lowest BCUT2D eigenvalue weighted by Gasteiger charge is -2.40. The van der Waals surface area contributed by atoms with Gasteiger partial charge in [0.2, 0.25) is 5.91 Å². The first-order valence-electron chi connectivity index (χ1n) is 7.43. The SMILES string of the molecule is CN(C)NC(=O)C1(Cc2ccccc2)CCN(C(=O)O)CC1. The van der Waals surface area contributed by atoms with Crippen LogP contribution >= 0.6 is 0 Å². The second-order valence-corrected chi connectivity index (χ2v) is 6.05. The number of piperidine rings is 1. The number of carbonyl (C=O) groups is 2. The lowest BCUT2D eigenvalue weighted by atomic mass is 9.73. The van der Waals surface area contributed by atoms with Gasteiger partial charge in [0.15, 0.2) is 0 Å². The Morgan fingerprint density at radius 1 is 1.23 bits per heavy atom. The molecule has 1 saturated heterocycles. The van der Waals surface area contributed by atoms with Crippen LogP contribution in [0.1, 0.15) is 18.4 Å². The third kappa shape index (κ3) is 3.76. The number of carboxylic acid groups (broad SMARTS) is 1. The number of likely N-dealkylation sites (tertiary alicyclic amines) is 1. The van der Waals surface area contributed by atoms with Crippen LogP contribution in [0, 0.1) is 5.41 Å². The molecule has 1 heterocycles. The minimum atomic E-state index is -0.915. The molecule has 2 N–H and O–H groups in total. The van der Waals surface area contributed by atoms with Gasteiger partial charge in [-0.25, -0.2) is 9.80 Å². The van der Waals surface area contributed by atoms with E-state index in [1.807, 2.05) is 30.3 Å². The maximum absolute atomic E-state index is 12.7. The maximum atomic E-state index is 12.7. The van der Waals surface area contributed by atoms with Gasteiger partial charge in [0.1, 0.15) is 0 Å². The third-order valence-corrected chi connectivity index (χ3v) is 4.18. The predicted molar refractivity (Wildman–Crippen MR) is 83.2 cm³/mol. The van der Waals surface area contributed by atoms with Crippen molar-refractivity contribution in [3.8, 4) is 0 Å². The zero-order valence-corrected chi connectivity index (χ0v) is 13.1. The van der Waals surface area contributed by atoms with Crippen molar-refractivity contribution in [1.29, 1.82) is 0 Å². The Balaban J connectivity index is 2.18. The molecule has 6 nitrogen and oxygen atoms in total. The van der Waals surface area contributed by atoms with Gasteiger partial charge in [0.25, 0.3) is 0 Å². The molecular formula is C16H23N3O3. The van der Waals surface area contributed by atoms with E-state index in [2.05, 4.69) is 5.43 Å². The van der Waals surface area contributed by atoms with Crippen LogP contribution in [0.4, 0.5) is 4.79 Å². The molecule has 0 saturated carbocycles. The van der Waals surface area contributed by atoms with Crippen molar-refractivity contribution in [1.82, 2.24) is 15.3 Å². The topological polar surface area (TPSA) is 72.9 Å².